The highest BCUT2D eigenvalue weighted by atomic mass is 16.5. The first-order chi connectivity index (χ1) is 15.5. The van der Waals surface area contributed by atoms with E-state index in [0.29, 0.717) is 30.3 Å². The molecule has 0 unspecified atom stereocenters. The van der Waals surface area contributed by atoms with Gasteiger partial charge in [0.15, 0.2) is 6.61 Å². The smallest absolute Gasteiger partial charge is 0.258 e. The lowest BCUT2D eigenvalue weighted by Crippen LogP contribution is -2.39. The fourth-order valence-electron chi connectivity index (χ4n) is 4.04. The minimum Gasteiger partial charge on any atom is -0.484 e. The van der Waals surface area contributed by atoms with Crippen LogP contribution in [0.2, 0.25) is 0 Å². The zero-order valence-electron chi connectivity index (χ0n) is 18.1. The first kappa shape index (κ1) is 21.5. The summed E-state index contributed by atoms with van der Waals surface area (Å²) >= 11 is 0. The number of carbonyl (C=O) groups excluding carboxylic acids is 2. The van der Waals surface area contributed by atoms with Crippen LogP contribution in [0.5, 0.6) is 5.75 Å². The van der Waals surface area contributed by atoms with Gasteiger partial charge in [0.2, 0.25) is 17.6 Å². The molecule has 1 aromatic heterocycles. The van der Waals surface area contributed by atoms with Gasteiger partial charge in [0.1, 0.15) is 5.75 Å². The molecule has 166 valence electrons. The summed E-state index contributed by atoms with van der Waals surface area (Å²) in [6.45, 7) is -0.112. The maximum atomic E-state index is 12.6. The van der Waals surface area contributed by atoms with Crippen LogP contribution in [0.1, 0.15) is 24.7 Å². The summed E-state index contributed by atoms with van der Waals surface area (Å²) in [6, 6.07) is 18.4. The normalized spacial score (nSPS) is 20.0. The first-order valence-electron chi connectivity index (χ1n) is 10.6. The zero-order valence-corrected chi connectivity index (χ0v) is 18.1. The maximum Gasteiger partial charge on any atom is 0.258 e. The molecule has 0 saturated heterocycles. The van der Waals surface area contributed by atoms with Gasteiger partial charge in [-0.05, 0) is 25.0 Å². The van der Waals surface area contributed by atoms with Gasteiger partial charge in [-0.15, -0.1) is 0 Å². The van der Waals surface area contributed by atoms with E-state index in [-0.39, 0.29) is 36.3 Å². The Morgan fingerprint density at radius 1 is 1.06 bits per heavy atom. The summed E-state index contributed by atoms with van der Waals surface area (Å²) in [6.07, 6.45) is 1.03. The van der Waals surface area contributed by atoms with Crippen molar-refractivity contribution in [2.45, 2.75) is 24.8 Å². The van der Waals surface area contributed by atoms with Gasteiger partial charge in [-0.2, -0.15) is 4.98 Å². The molecule has 0 bridgehead atoms. The Balaban J connectivity index is 1.48. The zero-order chi connectivity index (χ0) is 22.5. The summed E-state index contributed by atoms with van der Waals surface area (Å²) in [5.74, 6) is 0.806. The van der Waals surface area contributed by atoms with Crippen molar-refractivity contribution in [3.63, 3.8) is 0 Å². The van der Waals surface area contributed by atoms with Crippen molar-refractivity contribution in [3.05, 3.63) is 66.6 Å². The van der Waals surface area contributed by atoms with Gasteiger partial charge in [0.25, 0.3) is 5.91 Å². The van der Waals surface area contributed by atoms with Crippen LogP contribution in [-0.2, 0) is 9.59 Å². The summed E-state index contributed by atoms with van der Waals surface area (Å²) < 4.78 is 11.1. The SMILES string of the molecule is CN(C)C(=O)[C@H]1C[C@H](NC(=O)COc2ccccc2)[C@H](c2nc(-c3ccccc3)no2)C1. The molecule has 1 fully saturated rings. The van der Waals surface area contributed by atoms with Gasteiger partial charge in [-0.3, -0.25) is 9.59 Å². The molecule has 8 nitrogen and oxygen atoms in total. The Morgan fingerprint density at radius 3 is 2.44 bits per heavy atom. The average molecular weight is 434 g/mol. The first-order valence-corrected chi connectivity index (χ1v) is 10.6. The largest absolute Gasteiger partial charge is 0.484 e. The Kier molecular flexibility index (Phi) is 6.49. The lowest BCUT2D eigenvalue weighted by Gasteiger charge is -2.18. The van der Waals surface area contributed by atoms with Gasteiger partial charge in [-0.1, -0.05) is 53.7 Å². The molecule has 32 heavy (non-hydrogen) atoms. The van der Waals surface area contributed by atoms with Crippen molar-refractivity contribution in [2.24, 2.45) is 5.92 Å². The van der Waals surface area contributed by atoms with Crippen LogP contribution in [0.15, 0.2) is 65.2 Å². The van der Waals surface area contributed by atoms with E-state index in [4.69, 9.17) is 9.26 Å². The van der Waals surface area contributed by atoms with E-state index in [1.54, 1.807) is 31.1 Å². The highest BCUT2D eigenvalue weighted by molar-refractivity contribution is 5.80. The standard InChI is InChI=1S/C24H26N4O4/c1-28(2)24(30)17-13-19(23-26-22(27-32-23)16-9-5-3-6-10-16)20(14-17)25-21(29)15-31-18-11-7-4-8-12-18/h3-12,17,19-20H,13-15H2,1-2H3,(H,25,29)/t17-,19-,20+/m1/s1. The van der Waals surface area contributed by atoms with Crippen LogP contribution >= 0.6 is 0 Å². The minimum absolute atomic E-state index is 0.0232. The van der Waals surface area contributed by atoms with Gasteiger partial charge in [-0.25, -0.2) is 0 Å². The van der Waals surface area contributed by atoms with Gasteiger partial charge < -0.3 is 19.5 Å². The Labute approximate surface area is 186 Å². The molecular formula is C24H26N4O4. The second-order valence-electron chi connectivity index (χ2n) is 8.11. The lowest BCUT2D eigenvalue weighted by atomic mass is 10.0. The van der Waals surface area contributed by atoms with Crippen LogP contribution in [0.4, 0.5) is 0 Å². The van der Waals surface area contributed by atoms with E-state index in [0.717, 1.165) is 5.56 Å². The van der Waals surface area contributed by atoms with Crippen LogP contribution in [0, 0.1) is 5.92 Å². The molecule has 2 amide bonds. The predicted octanol–water partition coefficient (Wildman–Crippen LogP) is 2.88. The Hall–Kier alpha value is -3.68. The van der Waals surface area contributed by atoms with Crippen LogP contribution in [-0.4, -0.2) is 53.6 Å². The number of hydrogen-bond donors (Lipinski definition) is 1. The van der Waals surface area contributed by atoms with Crippen molar-refractivity contribution in [2.75, 3.05) is 20.7 Å². The van der Waals surface area contributed by atoms with E-state index < -0.39 is 0 Å². The van der Waals surface area contributed by atoms with Crippen molar-refractivity contribution in [1.82, 2.24) is 20.4 Å². The number of rotatable bonds is 7. The molecule has 1 aliphatic carbocycles. The van der Waals surface area contributed by atoms with Crippen molar-refractivity contribution in [3.8, 4) is 17.1 Å². The molecule has 0 radical (unpaired) electrons. The molecular weight excluding hydrogens is 408 g/mol. The predicted molar refractivity (Wildman–Crippen MR) is 118 cm³/mol. The molecule has 1 N–H and O–H groups in total. The molecule has 3 atom stereocenters. The van der Waals surface area contributed by atoms with Crippen LogP contribution in [0.3, 0.4) is 0 Å². The molecule has 1 heterocycles. The van der Waals surface area contributed by atoms with Crippen molar-refractivity contribution >= 4 is 11.8 Å². The second-order valence-corrected chi connectivity index (χ2v) is 8.11. The second kappa shape index (κ2) is 9.64. The van der Waals surface area contributed by atoms with Gasteiger partial charge in [0.05, 0.1) is 5.92 Å². The number of benzene rings is 2. The molecule has 8 heteroatoms. The summed E-state index contributed by atoms with van der Waals surface area (Å²) in [4.78, 5) is 31.3. The third kappa shape index (κ3) is 4.96. The van der Waals surface area contributed by atoms with E-state index in [1.165, 1.54) is 0 Å². The van der Waals surface area contributed by atoms with Gasteiger partial charge in [0, 0.05) is 31.6 Å². The molecule has 1 saturated carbocycles. The number of nitrogens with zero attached hydrogens (tertiary/aromatic N) is 3. The van der Waals surface area contributed by atoms with E-state index >= 15 is 0 Å². The highest BCUT2D eigenvalue weighted by Gasteiger charge is 2.42. The van der Waals surface area contributed by atoms with Crippen molar-refractivity contribution in [1.29, 1.82) is 0 Å². The third-order valence-corrected chi connectivity index (χ3v) is 5.60. The molecule has 3 aromatic rings. The number of amides is 2. The third-order valence-electron chi connectivity index (χ3n) is 5.60. The Morgan fingerprint density at radius 2 is 1.75 bits per heavy atom. The number of ether oxygens (including phenoxy) is 1. The summed E-state index contributed by atoms with van der Waals surface area (Å²) in [5, 5.41) is 7.11. The van der Waals surface area contributed by atoms with Gasteiger partial charge >= 0.3 is 0 Å². The average Bonchev–Trinajstić information content (AvgIpc) is 3.46. The molecule has 2 aromatic carbocycles. The monoisotopic (exact) mass is 434 g/mol. The number of carbonyl (C=O) groups is 2. The Bertz CT molecular complexity index is 1050. The number of para-hydroxylation sites is 1. The lowest BCUT2D eigenvalue weighted by molar-refractivity contribution is -0.133. The highest BCUT2D eigenvalue weighted by Crippen LogP contribution is 2.39. The van der Waals surface area contributed by atoms with Crippen LogP contribution in [0.25, 0.3) is 11.4 Å². The maximum absolute atomic E-state index is 12.6. The van der Waals surface area contributed by atoms with Crippen molar-refractivity contribution < 1.29 is 18.8 Å². The molecule has 0 aliphatic heterocycles. The van der Waals surface area contributed by atoms with Crippen LogP contribution < -0.4 is 10.1 Å². The number of hydrogen-bond acceptors (Lipinski definition) is 6. The minimum atomic E-state index is -0.306. The summed E-state index contributed by atoms with van der Waals surface area (Å²) in [5.41, 5.74) is 0.846. The summed E-state index contributed by atoms with van der Waals surface area (Å²) in [7, 11) is 3.47. The molecule has 4 rings (SSSR count). The number of nitrogens with one attached hydrogen (secondary N) is 1. The van der Waals surface area contributed by atoms with E-state index in [1.807, 2.05) is 48.5 Å². The number of aromatic nitrogens is 2. The fraction of sp³-hybridized carbons (Fsp3) is 0.333. The van der Waals surface area contributed by atoms with E-state index in [2.05, 4.69) is 15.5 Å². The van der Waals surface area contributed by atoms with E-state index in [9.17, 15) is 9.59 Å². The fourth-order valence-corrected chi connectivity index (χ4v) is 4.04. The quantitative estimate of drug-likeness (QED) is 0.614. The molecule has 0 spiro atoms. The topological polar surface area (TPSA) is 97.6 Å². The molecule has 1 aliphatic rings.